The second-order valence-electron chi connectivity index (χ2n) is 12.6. The Hall–Kier alpha value is -0.120. The lowest BCUT2D eigenvalue weighted by Crippen LogP contribution is -2.43. The molecule has 0 amide bonds. The molecule has 0 aromatic heterocycles. The van der Waals surface area contributed by atoms with Crippen molar-refractivity contribution in [3.05, 3.63) is 0 Å². The molecule has 3 heteroatoms. The van der Waals surface area contributed by atoms with Crippen LogP contribution in [0, 0.1) is 27.6 Å². The quantitative estimate of drug-likeness (QED) is 0.454. The van der Waals surface area contributed by atoms with Crippen LogP contribution in [0.15, 0.2) is 0 Å². The SMILES string of the molecule is CC(CC(C)(C)C)CC(O)(CC(C)(C)CO)CC(C)(C)CC(C)(C)CO. The van der Waals surface area contributed by atoms with Crippen LogP contribution in [0.4, 0.5) is 0 Å². The summed E-state index contributed by atoms with van der Waals surface area (Å²) in [5.74, 6) is 0.413. The van der Waals surface area contributed by atoms with E-state index in [4.69, 9.17) is 0 Å². The summed E-state index contributed by atoms with van der Waals surface area (Å²) in [6, 6.07) is 0. The summed E-state index contributed by atoms with van der Waals surface area (Å²) in [7, 11) is 0. The molecule has 0 aromatic carbocycles. The first kappa shape index (κ1) is 25.9. The third-order valence-electron chi connectivity index (χ3n) is 5.12. The molecule has 0 radical (unpaired) electrons. The van der Waals surface area contributed by atoms with E-state index in [0.717, 1.165) is 19.3 Å². The fourth-order valence-electron chi connectivity index (χ4n) is 5.22. The summed E-state index contributed by atoms with van der Waals surface area (Å²) in [5, 5.41) is 31.1. The molecule has 0 fully saturated rings. The number of aliphatic hydroxyl groups excluding tert-OH is 2. The van der Waals surface area contributed by atoms with Crippen LogP contribution >= 0.6 is 0 Å². The molecule has 0 heterocycles. The van der Waals surface area contributed by atoms with Crippen LogP contribution in [-0.4, -0.2) is 34.1 Å². The lowest BCUT2D eigenvalue weighted by Gasteiger charge is -2.44. The molecule has 158 valence electrons. The molecule has 0 aliphatic carbocycles. The number of hydrogen-bond acceptors (Lipinski definition) is 3. The maximum absolute atomic E-state index is 11.7. The Labute approximate surface area is 163 Å². The van der Waals surface area contributed by atoms with Crippen molar-refractivity contribution < 1.29 is 15.3 Å². The van der Waals surface area contributed by atoms with Gasteiger partial charge in [-0.15, -0.1) is 0 Å². The smallest absolute Gasteiger partial charge is 0.0661 e. The first-order chi connectivity index (χ1) is 11.3. The van der Waals surface area contributed by atoms with Crippen LogP contribution in [0.25, 0.3) is 0 Å². The van der Waals surface area contributed by atoms with Gasteiger partial charge in [0.05, 0.1) is 5.60 Å². The molecule has 0 bridgehead atoms. The van der Waals surface area contributed by atoms with Gasteiger partial charge < -0.3 is 15.3 Å². The second kappa shape index (κ2) is 8.92. The van der Waals surface area contributed by atoms with Crippen LogP contribution in [0.1, 0.15) is 101 Å². The third-order valence-corrected chi connectivity index (χ3v) is 5.12. The fourth-order valence-corrected chi connectivity index (χ4v) is 5.22. The zero-order chi connectivity index (χ0) is 21.0. The van der Waals surface area contributed by atoms with Gasteiger partial charge in [0.15, 0.2) is 0 Å². The average molecular weight is 373 g/mol. The number of hydrogen-bond donors (Lipinski definition) is 3. The fraction of sp³-hybridized carbons (Fsp3) is 1.00. The highest BCUT2D eigenvalue weighted by molar-refractivity contribution is 4.93. The first-order valence-electron chi connectivity index (χ1n) is 10.3. The molecule has 3 nitrogen and oxygen atoms in total. The van der Waals surface area contributed by atoms with Gasteiger partial charge in [-0.2, -0.15) is 0 Å². The molecule has 0 aromatic rings. The van der Waals surface area contributed by atoms with E-state index in [9.17, 15) is 15.3 Å². The average Bonchev–Trinajstić information content (AvgIpc) is 2.32. The van der Waals surface area contributed by atoms with Crippen molar-refractivity contribution in [1.82, 2.24) is 0 Å². The molecule has 3 N–H and O–H groups in total. The Morgan fingerprint density at radius 1 is 0.615 bits per heavy atom. The summed E-state index contributed by atoms with van der Waals surface area (Å²) < 4.78 is 0. The predicted octanol–water partition coefficient (Wildman–Crippen LogP) is 5.41. The van der Waals surface area contributed by atoms with Gasteiger partial charge in [0, 0.05) is 13.2 Å². The van der Waals surface area contributed by atoms with Gasteiger partial charge in [0.1, 0.15) is 0 Å². The highest BCUT2D eigenvalue weighted by Crippen LogP contribution is 2.45. The first-order valence-corrected chi connectivity index (χ1v) is 10.3. The maximum atomic E-state index is 11.7. The number of rotatable bonds is 11. The summed E-state index contributed by atoms with van der Waals surface area (Å²) in [6.07, 6.45) is 3.94. The molecule has 0 rings (SSSR count). The van der Waals surface area contributed by atoms with Gasteiger partial charge in [0.2, 0.25) is 0 Å². The van der Waals surface area contributed by atoms with Crippen LogP contribution in [-0.2, 0) is 0 Å². The molecular formula is C23H48O3. The van der Waals surface area contributed by atoms with E-state index in [-0.39, 0.29) is 34.9 Å². The predicted molar refractivity (Wildman–Crippen MR) is 112 cm³/mol. The lowest BCUT2D eigenvalue weighted by atomic mass is 9.65. The van der Waals surface area contributed by atoms with Crippen molar-refractivity contribution in [3.8, 4) is 0 Å². The molecule has 0 aliphatic rings. The largest absolute Gasteiger partial charge is 0.396 e. The zero-order valence-corrected chi connectivity index (χ0v) is 19.4. The maximum Gasteiger partial charge on any atom is 0.0661 e. The van der Waals surface area contributed by atoms with E-state index >= 15 is 0 Å². The van der Waals surface area contributed by atoms with Crippen LogP contribution in [0.2, 0.25) is 0 Å². The Morgan fingerprint density at radius 2 is 1.00 bits per heavy atom. The topological polar surface area (TPSA) is 60.7 Å². The van der Waals surface area contributed by atoms with Crippen molar-refractivity contribution in [2.24, 2.45) is 27.6 Å². The van der Waals surface area contributed by atoms with Crippen molar-refractivity contribution in [2.45, 2.75) is 107 Å². The molecular weight excluding hydrogens is 324 g/mol. The molecule has 0 spiro atoms. The molecule has 0 saturated carbocycles. The van der Waals surface area contributed by atoms with Crippen LogP contribution in [0.5, 0.6) is 0 Å². The van der Waals surface area contributed by atoms with Gasteiger partial charge in [-0.3, -0.25) is 0 Å². The van der Waals surface area contributed by atoms with Crippen LogP contribution in [0.3, 0.4) is 0 Å². The minimum atomic E-state index is -0.814. The van der Waals surface area contributed by atoms with Gasteiger partial charge in [-0.1, -0.05) is 69.2 Å². The highest BCUT2D eigenvalue weighted by atomic mass is 16.3. The monoisotopic (exact) mass is 372 g/mol. The molecule has 0 saturated heterocycles. The van der Waals surface area contributed by atoms with Crippen molar-refractivity contribution >= 4 is 0 Å². The third kappa shape index (κ3) is 10.9. The Balaban J connectivity index is 5.44. The zero-order valence-electron chi connectivity index (χ0n) is 19.4. The lowest BCUT2D eigenvalue weighted by molar-refractivity contribution is -0.0716. The molecule has 2 atom stereocenters. The second-order valence-corrected chi connectivity index (χ2v) is 12.6. The van der Waals surface area contributed by atoms with E-state index in [1.165, 1.54) is 0 Å². The van der Waals surface area contributed by atoms with Crippen molar-refractivity contribution in [3.63, 3.8) is 0 Å². The van der Waals surface area contributed by atoms with Crippen LogP contribution < -0.4 is 0 Å². The Morgan fingerprint density at radius 3 is 1.38 bits per heavy atom. The Bertz CT molecular complexity index is 418. The summed E-state index contributed by atoms with van der Waals surface area (Å²) in [6.45, 7) is 21.8. The van der Waals surface area contributed by atoms with E-state index in [2.05, 4.69) is 55.4 Å². The minimum absolute atomic E-state index is 0.0749. The van der Waals surface area contributed by atoms with E-state index < -0.39 is 5.60 Å². The normalized spacial score (nSPS) is 17.9. The standard InChI is InChI=1S/C23H48O3/c1-18(11-19(2,3)4)12-23(26,15-22(9,10)17-25)14-20(5,6)13-21(7,8)16-24/h18,24-26H,11-17H2,1-10H3. The number of aliphatic hydroxyl groups is 3. The molecule has 26 heavy (non-hydrogen) atoms. The molecule has 0 aliphatic heterocycles. The molecule has 2 unspecified atom stereocenters. The van der Waals surface area contributed by atoms with Gasteiger partial charge in [0.25, 0.3) is 0 Å². The van der Waals surface area contributed by atoms with E-state index in [0.29, 0.717) is 18.8 Å². The van der Waals surface area contributed by atoms with Crippen molar-refractivity contribution in [2.75, 3.05) is 13.2 Å². The van der Waals surface area contributed by atoms with E-state index in [1.54, 1.807) is 0 Å². The van der Waals surface area contributed by atoms with E-state index in [1.807, 2.05) is 13.8 Å². The summed E-state index contributed by atoms with van der Waals surface area (Å²) in [4.78, 5) is 0. The minimum Gasteiger partial charge on any atom is -0.396 e. The summed E-state index contributed by atoms with van der Waals surface area (Å²) in [5.41, 5.74) is -1.13. The summed E-state index contributed by atoms with van der Waals surface area (Å²) >= 11 is 0. The van der Waals surface area contributed by atoms with Gasteiger partial charge >= 0.3 is 0 Å². The van der Waals surface area contributed by atoms with Gasteiger partial charge in [-0.25, -0.2) is 0 Å². The van der Waals surface area contributed by atoms with Crippen molar-refractivity contribution in [1.29, 1.82) is 0 Å². The Kier molecular flexibility index (Phi) is 8.88. The van der Waals surface area contributed by atoms with Gasteiger partial charge in [-0.05, 0) is 59.7 Å². The highest BCUT2D eigenvalue weighted by Gasteiger charge is 2.41.